The Balaban J connectivity index is 1.68. The lowest BCUT2D eigenvalue weighted by atomic mass is 10.0. The molecule has 1 N–H and O–H groups in total. The van der Waals surface area contributed by atoms with Gasteiger partial charge in [-0.3, -0.25) is 4.79 Å². The maximum atomic E-state index is 13.1. The number of hydrazone groups is 1. The number of hydrogen-bond acceptors (Lipinski definition) is 5. The van der Waals surface area contributed by atoms with Crippen LogP contribution in [-0.2, 0) is 0 Å². The van der Waals surface area contributed by atoms with Gasteiger partial charge in [0.05, 0.1) is 34.0 Å². The van der Waals surface area contributed by atoms with E-state index in [9.17, 15) is 4.79 Å². The third-order valence-corrected chi connectivity index (χ3v) is 5.95. The standard InChI is InChI=1S/C25H23N3O2S/c1-4-30-19-12-10-18(11-13-19)23-15-21(20-7-5-6-8-22(20)26-23)25(29)28-27-17(3)24-14-9-16(2)31-24/h5-15H,4H2,1-3H3,(H,28,29). The van der Waals surface area contributed by atoms with Gasteiger partial charge >= 0.3 is 0 Å². The summed E-state index contributed by atoms with van der Waals surface area (Å²) in [6.07, 6.45) is 0. The number of thiophene rings is 1. The molecule has 0 saturated carbocycles. The molecule has 0 atom stereocenters. The number of rotatable bonds is 6. The van der Waals surface area contributed by atoms with E-state index in [0.717, 1.165) is 38.5 Å². The Morgan fingerprint density at radius 3 is 2.58 bits per heavy atom. The molecule has 4 aromatic rings. The van der Waals surface area contributed by atoms with Gasteiger partial charge in [-0.05, 0) is 69.3 Å². The molecule has 0 spiro atoms. The van der Waals surface area contributed by atoms with E-state index < -0.39 is 0 Å². The van der Waals surface area contributed by atoms with Crippen molar-refractivity contribution in [3.05, 3.63) is 82.0 Å². The molecule has 0 unspecified atom stereocenters. The highest BCUT2D eigenvalue weighted by atomic mass is 32.1. The first kappa shape index (κ1) is 20.8. The van der Waals surface area contributed by atoms with Crippen LogP contribution in [0.1, 0.15) is 34.0 Å². The minimum Gasteiger partial charge on any atom is -0.494 e. The maximum absolute atomic E-state index is 13.1. The number of carbonyl (C=O) groups excluding carboxylic acids is 1. The molecule has 2 heterocycles. The highest BCUT2D eigenvalue weighted by Crippen LogP contribution is 2.26. The second kappa shape index (κ2) is 9.10. The molecule has 6 heteroatoms. The summed E-state index contributed by atoms with van der Waals surface area (Å²) >= 11 is 1.65. The molecule has 1 amide bonds. The fourth-order valence-electron chi connectivity index (χ4n) is 3.28. The molecule has 2 aromatic heterocycles. The van der Waals surface area contributed by atoms with E-state index in [1.165, 1.54) is 4.88 Å². The minimum atomic E-state index is -0.265. The van der Waals surface area contributed by atoms with Crippen molar-refractivity contribution in [2.45, 2.75) is 20.8 Å². The SMILES string of the molecule is CCOc1ccc(-c2cc(C(=O)NN=C(C)c3ccc(C)s3)c3ccccc3n2)cc1. The van der Waals surface area contributed by atoms with Crippen LogP contribution in [0.25, 0.3) is 22.2 Å². The van der Waals surface area contributed by atoms with Crippen molar-refractivity contribution in [1.82, 2.24) is 10.4 Å². The highest BCUT2D eigenvalue weighted by molar-refractivity contribution is 7.14. The van der Waals surface area contributed by atoms with Crippen molar-refractivity contribution in [1.29, 1.82) is 0 Å². The molecule has 0 fully saturated rings. The van der Waals surface area contributed by atoms with Crippen LogP contribution in [0.15, 0.2) is 71.8 Å². The molecule has 5 nitrogen and oxygen atoms in total. The van der Waals surface area contributed by atoms with Crippen LogP contribution < -0.4 is 10.2 Å². The first-order valence-corrected chi connectivity index (χ1v) is 10.9. The summed E-state index contributed by atoms with van der Waals surface area (Å²) < 4.78 is 5.52. The Kier molecular flexibility index (Phi) is 6.09. The highest BCUT2D eigenvalue weighted by Gasteiger charge is 2.14. The average molecular weight is 430 g/mol. The number of aromatic nitrogens is 1. The van der Waals surface area contributed by atoms with Crippen LogP contribution in [0, 0.1) is 6.92 Å². The molecule has 0 saturated heterocycles. The van der Waals surface area contributed by atoms with Crippen LogP contribution in [0.2, 0.25) is 0 Å². The normalized spacial score (nSPS) is 11.5. The zero-order valence-electron chi connectivity index (χ0n) is 17.7. The monoisotopic (exact) mass is 429 g/mol. The number of ether oxygens (including phenoxy) is 1. The van der Waals surface area contributed by atoms with Crippen molar-refractivity contribution >= 4 is 33.9 Å². The number of amides is 1. The third-order valence-electron chi connectivity index (χ3n) is 4.84. The Bertz CT molecular complexity index is 1260. The van der Waals surface area contributed by atoms with Gasteiger partial charge in [-0.2, -0.15) is 5.10 Å². The van der Waals surface area contributed by atoms with Gasteiger partial charge in [0, 0.05) is 15.8 Å². The predicted molar refractivity (Wildman–Crippen MR) is 127 cm³/mol. The van der Waals surface area contributed by atoms with E-state index in [1.807, 2.05) is 87.5 Å². The lowest BCUT2D eigenvalue weighted by Crippen LogP contribution is -2.19. The summed E-state index contributed by atoms with van der Waals surface area (Å²) in [5.41, 5.74) is 6.42. The summed E-state index contributed by atoms with van der Waals surface area (Å²) in [6, 6.07) is 21.2. The summed E-state index contributed by atoms with van der Waals surface area (Å²) in [5.74, 6) is 0.539. The lowest BCUT2D eigenvalue weighted by molar-refractivity contribution is 0.0956. The van der Waals surface area contributed by atoms with E-state index in [1.54, 1.807) is 11.3 Å². The van der Waals surface area contributed by atoms with Crippen LogP contribution >= 0.6 is 11.3 Å². The second-order valence-corrected chi connectivity index (χ2v) is 8.37. The van der Waals surface area contributed by atoms with Gasteiger partial charge in [0.25, 0.3) is 5.91 Å². The van der Waals surface area contributed by atoms with E-state index in [0.29, 0.717) is 12.2 Å². The molecular formula is C25H23N3O2S. The number of carbonyl (C=O) groups is 1. The fourth-order valence-corrected chi connectivity index (χ4v) is 4.09. The number of hydrogen-bond donors (Lipinski definition) is 1. The Labute approximate surface area is 185 Å². The van der Waals surface area contributed by atoms with Crippen molar-refractivity contribution in [2.75, 3.05) is 6.61 Å². The minimum absolute atomic E-state index is 0.265. The van der Waals surface area contributed by atoms with Gasteiger partial charge in [0.2, 0.25) is 0 Å². The quantitative estimate of drug-likeness (QED) is 0.310. The van der Waals surface area contributed by atoms with E-state index in [-0.39, 0.29) is 5.91 Å². The molecule has 31 heavy (non-hydrogen) atoms. The molecule has 0 aliphatic carbocycles. The lowest BCUT2D eigenvalue weighted by Gasteiger charge is -2.10. The zero-order chi connectivity index (χ0) is 21.8. The van der Waals surface area contributed by atoms with Gasteiger partial charge in [-0.15, -0.1) is 11.3 Å². The molecule has 0 aliphatic heterocycles. The van der Waals surface area contributed by atoms with E-state index in [4.69, 9.17) is 9.72 Å². The number of fused-ring (bicyclic) bond motifs is 1. The van der Waals surface area contributed by atoms with Crippen molar-refractivity contribution in [3.8, 4) is 17.0 Å². The topological polar surface area (TPSA) is 63.6 Å². The van der Waals surface area contributed by atoms with Crippen LogP contribution in [0.4, 0.5) is 0 Å². The summed E-state index contributed by atoms with van der Waals surface area (Å²) in [4.78, 5) is 20.1. The average Bonchev–Trinajstić information content (AvgIpc) is 3.23. The molecule has 2 aromatic carbocycles. The number of aryl methyl sites for hydroxylation is 1. The number of benzene rings is 2. The zero-order valence-corrected chi connectivity index (χ0v) is 18.5. The van der Waals surface area contributed by atoms with Gasteiger partial charge < -0.3 is 4.74 Å². The number of nitrogens with one attached hydrogen (secondary N) is 1. The Morgan fingerprint density at radius 1 is 1.10 bits per heavy atom. The van der Waals surface area contributed by atoms with E-state index in [2.05, 4.69) is 10.5 Å². The number of nitrogens with zero attached hydrogens (tertiary/aromatic N) is 2. The van der Waals surface area contributed by atoms with Crippen LogP contribution in [0.5, 0.6) is 5.75 Å². The second-order valence-electron chi connectivity index (χ2n) is 7.08. The van der Waals surface area contributed by atoms with Gasteiger partial charge in [-0.25, -0.2) is 10.4 Å². The number of para-hydroxylation sites is 1. The van der Waals surface area contributed by atoms with Crippen molar-refractivity contribution in [2.24, 2.45) is 5.10 Å². The fraction of sp³-hybridized carbons (Fsp3) is 0.160. The van der Waals surface area contributed by atoms with Gasteiger partial charge in [-0.1, -0.05) is 18.2 Å². The van der Waals surface area contributed by atoms with Crippen molar-refractivity contribution < 1.29 is 9.53 Å². The Morgan fingerprint density at radius 2 is 1.87 bits per heavy atom. The third kappa shape index (κ3) is 4.64. The van der Waals surface area contributed by atoms with Gasteiger partial charge in [0.1, 0.15) is 5.75 Å². The first-order valence-electron chi connectivity index (χ1n) is 10.1. The smallest absolute Gasteiger partial charge is 0.272 e. The summed E-state index contributed by atoms with van der Waals surface area (Å²) in [7, 11) is 0. The molecule has 4 rings (SSSR count). The molecule has 0 aliphatic rings. The Hall–Kier alpha value is -3.51. The van der Waals surface area contributed by atoms with Crippen molar-refractivity contribution in [3.63, 3.8) is 0 Å². The largest absolute Gasteiger partial charge is 0.494 e. The number of pyridine rings is 1. The first-order chi connectivity index (χ1) is 15.0. The molecular weight excluding hydrogens is 406 g/mol. The summed E-state index contributed by atoms with van der Waals surface area (Å²) in [6.45, 7) is 6.50. The molecule has 156 valence electrons. The van der Waals surface area contributed by atoms with Gasteiger partial charge in [0.15, 0.2) is 0 Å². The van der Waals surface area contributed by atoms with E-state index >= 15 is 0 Å². The predicted octanol–water partition coefficient (Wildman–Crippen LogP) is 5.82. The molecule has 0 bridgehead atoms. The summed E-state index contributed by atoms with van der Waals surface area (Å²) in [5, 5.41) is 5.10. The molecule has 0 radical (unpaired) electrons. The maximum Gasteiger partial charge on any atom is 0.272 e. The van der Waals surface area contributed by atoms with Crippen LogP contribution in [0.3, 0.4) is 0 Å². The van der Waals surface area contributed by atoms with Crippen LogP contribution in [-0.4, -0.2) is 23.2 Å².